The Hall–Kier alpha value is -1.22. The zero-order chi connectivity index (χ0) is 12.7. The average molecular weight is 254 g/mol. The minimum atomic E-state index is 0.601. The molecule has 0 radical (unpaired) electrons. The van der Waals surface area contributed by atoms with Gasteiger partial charge in [-0.05, 0) is 23.6 Å². The highest BCUT2D eigenvalue weighted by molar-refractivity contribution is 6.30. The van der Waals surface area contributed by atoms with Crippen LogP contribution < -0.4 is 10.6 Å². The van der Waals surface area contributed by atoms with Gasteiger partial charge in [0, 0.05) is 25.2 Å². The van der Waals surface area contributed by atoms with Gasteiger partial charge in [0.2, 0.25) is 0 Å². The molecule has 0 amide bonds. The molecule has 1 aromatic rings. The topological polar surface area (TPSA) is 36.4 Å². The minimum absolute atomic E-state index is 0.601. The van der Waals surface area contributed by atoms with E-state index in [1.54, 1.807) is 7.05 Å². The van der Waals surface area contributed by atoms with Crippen LogP contribution in [0.4, 0.5) is 0 Å². The van der Waals surface area contributed by atoms with Gasteiger partial charge in [0.15, 0.2) is 5.96 Å². The molecule has 2 N–H and O–H groups in total. The summed E-state index contributed by atoms with van der Waals surface area (Å²) in [6, 6.07) is 7.79. The Labute approximate surface area is 108 Å². The number of hydrogen-bond acceptors (Lipinski definition) is 1. The number of rotatable bonds is 4. The lowest BCUT2D eigenvalue weighted by Gasteiger charge is -2.13. The van der Waals surface area contributed by atoms with Crippen LogP contribution in [0.3, 0.4) is 0 Å². The summed E-state index contributed by atoms with van der Waals surface area (Å²) in [7, 11) is 1.78. The highest BCUT2D eigenvalue weighted by Crippen LogP contribution is 2.08. The molecule has 3 nitrogen and oxygen atoms in total. The van der Waals surface area contributed by atoms with Crippen molar-refractivity contribution in [2.45, 2.75) is 20.4 Å². The zero-order valence-electron chi connectivity index (χ0n) is 10.6. The summed E-state index contributed by atoms with van der Waals surface area (Å²) in [5.74, 6) is 1.43. The molecule has 0 saturated carbocycles. The van der Waals surface area contributed by atoms with Gasteiger partial charge in [-0.25, -0.2) is 0 Å². The van der Waals surface area contributed by atoms with E-state index in [-0.39, 0.29) is 0 Å². The third-order valence-electron chi connectivity index (χ3n) is 2.27. The normalized spacial score (nSPS) is 11.7. The van der Waals surface area contributed by atoms with Gasteiger partial charge < -0.3 is 10.6 Å². The lowest BCUT2D eigenvalue weighted by molar-refractivity contribution is 0.614. The molecule has 0 heterocycles. The molecular formula is C13H20ClN3. The molecule has 17 heavy (non-hydrogen) atoms. The van der Waals surface area contributed by atoms with Crippen LogP contribution in [-0.4, -0.2) is 19.6 Å². The van der Waals surface area contributed by atoms with Crippen LogP contribution in [0.25, 0.3) is 0 Å². The summed E-state index contributed by atoms with van der Waals surface area (Å²) < 4.78 is 0. The molecule has 1 aromatic carbocycles. The van der Waals surface area contributed by atoms with E-state index in [2.05, 4.69) is 29.5 Å². The standard InChI is InChI=1S/C13H20ClN3/c1-10(2)8-16-13(15-3)17-9-11-4-6-12(14)7-5-11/h4-7,10H,8-9H2,1-3H3,(H2,15,16,17). The van der Waals surface area contributed by atoms with Gasteiger partial charge in [0.1, 0.15) is 0 Å². The fourth-order valence-electron chi connectivity index (χ4n) is 1.31. The van der Waals surface area contributed by atoms with Gasteiger partial charge in [-0.15, -0.1) is 0 Å². The predicted octanol–water partition coefficient (Wildman–Crippen LogP) is 2.66. The van der Waals surface area contributed by atoms with E-state index in [1.807, 2.05) is 24.3 Å². The van der Waals surface area contributed by atoms with Gasteiger partial charge in [-0.1, -0.05) is 37.6 Å². The van der Waals surface area contributed by atoms with Crippen molar-refractivity contribution in [1.29, 1.82) is 0 Å². The Balaban J connectivity index is 2.40. The van der Waals surface area contributed by atoms with Gasteiger partial charge in [-0.2, -0.15) is 0 Å². The first-order valence-corrected chi connectivity index (χ1v) is 6.18. The summed E-state index contributed by atoms with van der Waals surface area (Å²) in [6.45, 7) is 5.99. The highest BCUT2D eigenvalue weighted by atomic mass is 35.5. The lowest BCUT2D eigenvalue weighted by atomic mass is 10.2. The van der Waals surface area contributed by atoms with E-state index in [0.29, 0.717) is 5.92 Å². The van der Waals surface area contributed by atoms with E-state index in [0.717, 1.165) is 24.1 Å². The first-order chi connectivity index (χ1) is 8.11. The van der Waals surface area contributed by atoms with Crippen LogP contribution in [0.2, 0.25) is 5.02 Å². The van der Waals surface area contributed by atoms with Gasteiger partial charge in [0.25, 0.3) is 0 Å². The zero-order valence-corrected chi connectivity index (χ0v) is 11.4. The molecule has 1 rings (SSSR count). The molecule has 0 fully saturated rings. The molecule has 0 atom stereocenters. The quantitative estimate of drug-likeness (QED) is 0.639. The van der Waals surface area contributed by atoms with Crippen molar-refractivity contribution >= 4 is 17.6 Å². The second kappa shape index (κ2) is 7.17. The number of aliphatic imine (C=N–C) groups is 1. The average Bonchev–Trinajstić information content (AvgIpc) is 2.31. The minimum Gasteiger partial charge on any atom is -0.356 e. The summed E-state index contributed by atoms with van der Waals surface area (Å²) in [6.07, 6.45) is 0. The predicted molar refractivity (Wildman–Crippen MR) is 74.5 cm³/mol. The fourth-order valence-corrected chi connectivity index (χ4v) is 1.44. The summed E-state index contributed by atoms with van der Waals surface area (Å²) in [4.78, 5) is 4.16. The second-order valence-electron chi connectivity index (χ2n) is 4.33. The number of benzene rings is 1. The molecule has 0 saturated heterocycles. The molecule has 0 unspecified atom stereocenters. The van der Waals surface area contributed by atoms with E-state index in [9.17, 15) is 0 Å². The van der Waals surface area contributed by atoms with Crippen molar-refractivity contribution in [3.63, 3.8) is 0 Å². The van der Waals surface area contributed by atoms with Crippen LogP contribution in [0.15, 0.2) is 29.3 Å². The van der Waals surface area contributed by atoms with E-state index >= 15 is 0 Å². The molecule has 0 aliphatic carbocycles. The van der Waals surface area contributed by atoms with Gasteiger partial charge in [0.05, 0.1) is 0 Å². The van der Waals surface area contributed by atoms with E-state index < -0.39 is 0 Å². The maximum absolute atomic E-state index is 5.83. The number of guanidine groups is 1. The Morgan fingerprint density at radius 1 is 1.24 bits per heavy atom. The fraction of sp³-hybridized carbons (Fsp3) is 0.462. The first-order valence-electron chi connectivity index (χ1n) is 5.80. The Morgan fingerprint density at radius 3 is 2.41 bits per heavy atom. The van der Waals surface area contributed by atoms with Crippen molar-refractivity contribution in [2.75, 3.05) is 13.6 Å². The van der Waals surface area contributed by atoms with Gasteiger partial charge >= 0.3 is 0 Å². The largest absolute Gasteiger partial charge is 0.356 e. The Bertz CT molecular complexity index is 357. The van der Waals surface area contributed by atoms with Gasteiger partial charge in [-0.3, -0.25) is 4.99 Å². The Morgan fingerprint density at radius 2 is 1.88 bits per heavy atom. The second-order valence-corrected chi connectivity index (χ2v) is 4.76. The van der Waals surface area contributed by atoms with Crippen LogP contribution in [0.5, 0.6) is 0 Å². The van der Waals surface area contributed by atoms with E-state index in [1.165, 1.54) is 5.56 Å². The molecule has 0 aliphatic rings. The monoisotopic (exact) mass is 253 g/mol. The summed E-state index contributed by atoms with van der Waals surface area (Å²) in [5, 5.41) is 7.28. The molecular weight excluding hydrogens is 234 g/mol. The smallest absolute Gasteiger partial charge is 0.191 e. The molecule has 94 valence electrons. The Kier molecular flexibility index (Phi) is 5.84. The van der Waals surface area contributed by atoms with Crippen molar-refractivity contribution in [2.24, 2.45) is 10.9 Å². The third-order valence-corrected chi connectivity index (χ3v) is 2.53. The van der Waals surface area contributed by atoms with E-state index in [4.69, 9.17) is 11.6 Å². The molecule has 4 heteroatoms. The maximum atomic E-state index is 5.83. The lowest BCUT2D eigenvalue weighted by Crippen LogP contribution is -2.38. The number of nitrogens with zero attached hydrogens (tertiary/aromatic N) is 1. The number of halogens is 1. The van der Waals surface area contributed by atoms with Crippen LogP contribution in [0.1, 0.15) is 19.4 Å². The molecule has 0 spiro atoms. The van der Waals surface area contributed by atoms with Crippen LogP contribution >= 0.6 is 11.6 Å². The SMILES string of the molecule is CN=C(NCc1ccc(Cl)cc1)NCC(C)C. The van der Waals surface area contributed by atoms with Crippen molar-refractivity contribution < 1.29 is 0 Å². The first kappa shape index (κ1) is 13.8. The summed E-state index contributed by atoms with van der Waals surface area (Å²) in [5.41, 5.74) is 1.18. The third kappa shape index (κ3) is 5.59. The van der Waals surface area contributed by atoms with Crippen molar-refractivity contribution in [3.05, 3.63) is 34.9 Å². The highest BCUT2D eigenvalue weighted by Gasteiger charge is 1.99. The molecule has 0 aromatic heterocycles. The van der Waals surface area contributed by atoms with Crippen LogP contribution in [0, 0.1) is 5.92 Å². The van der Waals surface area contributed by atoms with Crippen molar-refractivity contribution in [3.8, 4) is 0 Å². The van der Waals surface area contributed by atoms with Crippen LogP contribution in [-0.2, 0) is 6.54 Å². The maximum Gasteiger partial charge on any atom is 0.191 e. The molecule has 0 aliphatic heterocycles. The number of nitrogens with one attached hydrogen (secondary N) is 2. The summed E-state index contributed by atoms with van der Waals surface area (Å²) >= 11 is 5.83. The number of hydrogen-bond donors (Lipinski definition) is 2. The van der Waals surface area contributed by atoms with Crippen molar-refractivity contribution in [1.82, 2.24) is 10.6 Å². The molecule has 0 bridgehead atoms.